The predicted molar refractivity (Wildman–Crippen MR) is 80.4 cm³/mol. The number of nitrogens with one attached hydrogen (secondary N) is 1. The Hall–Kier alpha value is -1.32. The average Bonchev–Trinajstić information content (AvgIpc) is 2.82. The maximum Gasteiger partial charge on any atom is 0.134 e. The third-order valence-electron chi connectivity index (χ3n) is 3.29. The van der Waals surface area contributed by atoms with Gasteiger partial charge in [0.1, 0.15) is 11.3 Å². The number of rotatable bonds is 7. The fourth-order valence-corrected chi connectivity index (χ4v) is 2.22. The van der Waals surface area contributed by atoms with Crippen molar-refractivity contribution in [2.24, 2.45) is 0 Å². The standard InChI is InChI=1S/C16H24N2O/c1-4-10-17-14(9-11-18(2)3)16-12-13-7-5-6-8-15(13)19-16/h5-8,12,14,17H,4,9-11H2,1-3H3. The predicted octanol–water partition coefficient (Wildman–Crippen LogP) is 3.43. The molecule has 104 valence electrons. The summed E-state index contributed by atoms with van der Waals surface area (Å²) in [5.74, 6) is 1.05. The minimum absolute atomic E-state index is 0.301. The molecule has 0 bridgehead atoms. The Morgan fingerprint density at radius 2 is 2.05 bits per heavy atom. The van der Waals surface area contributed by atoms with Crippen LogP contribution in [0.25, 0.3) is 11.0 Å². The van der Waals surface area contributed by atoms with Gasteiger partial charge in [0, 0.05) is 5.39 Å². The lowest BCUT2D eigenvalue weighted by Gasteiger charge is -2.18. The summed E-state index contributed by atoms with van der Waals surface area (Å²) < 4.78 is 5.98. The molecular formula is C16H24N2O. The van der Waals surface area contributed by atoms with E-state index in [4.69, 9.17) is 4.42 Å². The van der Waals surface area contributed by atoms with Gasteiger partial charge in [0.25, 0.3) is 0 Å². The summed E-state index contributed by atoms with van der Waals surface area (Å²) >= 11 is 0. The van der Waals surface area contributed by atoms with E-state index in [2.05, 4.69) is 49.4 Å². The van der Waals surface area contributed by atoms with E-state index in [1.165, 1.54) is 5.39 Å². The fourth-order valence-electron chi connectivity index (χ4n) is 2.22. The van der Waals surface area contributed by atoms with Crippen molar-refractivity contribution in [3.63, 3.8) is 0 Å². The second kappa shape index (κ2) is 6.73. The first-order valence-corrected chi connectivity index (χ1v) is 7.07. The van der Waals surface area contributed by atoms with Crippen molar-refractivity contribution in [1.29, 1.82) is 0 Å². The first kappa shape index (κ1) is 14.1. The van der Waals surface area contributed by atoms with Crippen LogP contribution in [0.3, 0.4) is 0 Å². The van der Waals surface area contributed by atoms with E-state index in [0.717, 1.165) is 37.3 Å². The number of furan rings is 1. The van der Waals surface area contributed by atoms with Gasteiger partial charge in [-0.25, -0.2) is 0 Å². The van der Waals surface area contributed by atoms with Crippen LogP contribution in [0, 0.1) is 0 Å². The summed E-state index contributed by atoms with van der Waals surface area (Å²) in [6, 6.07) is 10.7. The summed E-state index contributed by atoms with van der Waals surface area (Å²) in [4.78, 5) is 2.21. The average molecular weight is 260 g/mol. The number of benzene rings is 1. The van der Waals surface area contributed by atoms with Gasteiger partial charge in [0.15, 0.2) is 0 Å². The summed E-state index contributed by atoms with van der Waals surface area (Å²) in [6.07, 6.45) is 2.20. The maximum atomic E-state index is 5.98. The molecule has 3 heteroatoms. The van der Waals surface area contributed by atoms with Crippen molar-refractivity contribution >= 4 is 11.0 Å². The van der Waals surface area contributed by atoms with Gasteiger partial charge in [-0.3, -0.25) is 0 Å². The molecular weight excluding hydrogens is 236 g/mol. The quantitative estimate of drug-likeness (QED) is 0.827. The van der Waals surface area contributed by atoms with Crippen molar-refractivity contribution in [3.8, 4) is 0 Å². The van der Waals surface area contributed by atoms with Crippen molar-refractivity contribution in [1.82, 2.24) is 10.2 Å². The molecule has 2 aromatic rings. The van der Waals surface area contributed by atoms with Gasteiger partial charge >= 0.3 is 0 Å². The lowest BCUT2D eigenvalue weighted by atomic mass is 10.1. The lowest BCUT2D eigenvalue weighted by molar-refractivity contribution is 0.337. The van der Waals surface area contributed by atoms with E-state index in [-0.39, 0.29) is 0 Å². The normalized spacial score (nSPS) is 13.3. The largest absolute Gasteiger partial charge is 0.459 e. The van der Waals surface area contributed by atoms with Crippen LogP contribution in [-0.4, -0.2) is 32.1 Å². The molecule has 0 radical (unpaired) electrons. The SMILES string of the molecule is CCCNC(CCN(C)C)c1cc2ccccc2o1. The molecule has 0 fully saturated rings. The van der Waals surface area contributed by atoms with Crippen LogP contribution in [0.5, 0.6) is 0 Å². The number of hydrogen-bond acceptors (Lipinski definition) is 3. The molecule has 19 heavy (non-hydrogen) atoms. The van der Waals surface area contributed by atoms with Gasteiger partial charge < -0.3 is 14.6 Å². The van der Waals surface area contributed by atoms with Gasteiger partial charge in [-0.2, -0.15) is 0 Å². The lowest BCUT2D eigenvalue weighted by Crippen LogP contribution is -2.26. The minimum atomic E-state index is 0.301. The van der Waals surface area contributed by atoms with Crippen molar-refractivity contribution in [2.45, 2.75) is 25.8 Å². The van der Waals surface area contributed by atoms with Crippen molar-refractivity contribution < 1.29 is 4.42 Å². The first-order valence-electron chi connectivity index (χ1n) is 7.07. The zero-order chi connectivity index (χ0) is 13.7. The topological polar surface area (TPSA) is 28.4 Å². The van der Waals surface area contributed by atoms with E-state index in [9.17, 15) is 0 Å². The van der Waals surface area contributed by atoms with E-state index in [1.54, 1.807) is 0 Å². The first-order chi connectivity index (χ1) is 9.20. The zero-order valence-electron chi connectivity index (χ0n) is 12.1. The van der Waals surface area contributed by atoms with Crippen LogP contribution in [0.1, 0.15) is 31.6 Å². The van der Waals surface area contributed by atoms with Gasteiger partial charge in [0.05, 0.1) is 6.04 Å². The third-order valence-corrected chi connectivity index (χ3v) is 3.29. The molecule has 1 aromatic heterocycles. The molecule has 2 rings (SSSR count). The number of para-hydroxylation sites is 1. The second-order valence-electron chi connectivity index (χ2n) is 5.29. The molecule has 1 atom stereocenters. The van der Waals surface area contributed by atoms with Gasteiger partial charge in [-0.15, -0.1) is 0 Å². The molecule has 0 amide bonds. The van der Waals surface area contributed by atoms with Crippen LogP contribution >= 0.6 is 0 Å². The molecule has 0 aliphatic rings. The Kier molecular flexibility index (Phi) is 5.00. The van der Waals surface area contributed by atoms with Crippen molar-refractivity contribution in [2.75, 3.05) is 27.2 Å². The highest BCUT2D eigenvalue weighted by atomic mass is 16.3. The summed E-state index contributed by atoms with van der Waals surface area (Å²) in [7, 11) is 4.21. The van der Waals surface area contributed by atoms with Crippen LogP contribution in [-0.2, 0) is 0 Å². The zero-order valence-corrected chi connectivity index (χ0v) is 12.1. The summed E-state index contributed by atoms with van der Waals surface area (Å²) in [5.41, 5.74) is 0.977. The van der Waals surface area contributed by atoms with Gasteiger partial charge in [-0.1, -0.05) is 25.1 Å². The van der Waals surface area contributed by atoms with Crippen LogP contribution in [0.4, 0.5) is 0 Å². The highest BCUT2D eigenvalue weighted by Crippen LogP contribution is 2.25. The van der Waals surface area contributed by atoms with E-state index in [1.807, 2.05) is 12.1 Å². The van der Waals surface area contributed by atoms with Crippen LogP contribution < -0.4 is 5.32 Å². The highest BCUT2D eigenvalue weighted by molar-refractivity contribution is 5.77. The molecule has 0 saturated carbocycles. The minimum Gasteiger partial charge on any atom is -0.459 e. The Morgan fingerprint density at radius 3 is 2.74 bits per heavy atom. The van der Waals surface area contributed by atoms with Crippen LogP contribution in [0.2, 0.25) is 0 Å². The molecule has 0 aliphatic carbocycles. The van der Waals surface area contributed by atoms with Gasteiger partial charge in [0.2, 0.25) is 0 Å². The Morgan fingerprint density at radius 1 is 1.26 bits per heavy atom. The Labute approximate surface area is 115 Å². The van der Waals surface area contributed by atoms with E-state index < -0.39 is 0 Å². The molecule has 0 aliphatic heterocycles. The third kappa shape index (κ3) is 3.82. The second-order valence-corrected chi connectivity index (χ2v) is 5.29. The maximum absolute atomic E-state index is 5.98. The summed E-state index contributed by atoms with van der Waals surface area (Å²) in [6.45, 7) is 4.27. The van der Waals surface area contributed by atoms with E-state index >= 15 is 0 Å². The number of hydrogen-bond donors (Lipinski definition) is 1. The van der Waals surface area contributed by atoms with Crippen molar-refractivity contribution in [3.05, 3.63) is 36.1 Å². The molecule has 3 nitrogen and oxygen atoms in total. The Bertz CT molecular complexity index is 471. The van der Waals surface area contributed by atoms with Crippen LogP contribution in [0.15, 0.2) is 34.7 Å². The number of fused-ring (bicyclic) bond motifs is 1. The molecule has 1 aromatic carbocycles. The fraction of sp³-hybridized carbons (Fsp3) is 0.500. The van der Waals surface area contributed by atoms with E-state index in [0.29, 0.717) is 6.04 Å². The summed E-state index contributed by atoms with van der Waals surface area (Å²) in [5, 5.41) is 4.77. The molecule has 0 saturated heterocycles. The highest BCUT2D eigenvalue weighted by Gasteiger charge is 2.15. The monoisotopic (exact) mass is 260 g/mol. The Balaban J connectivity index is 2.15. The smallest absolute Gasteiger partial charge is 0.134 e. The molecule has 1 heterocycles. The van der Waals surface area contributed by atoms with Gasteiger partial charge in [-0.05, 0) is 52.2 Å². The molecule has 1 N–H and O–H groups in total. The molecule has 1 unspecified atom stereocenters. The molecule has 0 spiro atoms. The number of nitrogens with zero attached hydrogens (tertiary/aromatic N) is 1.